The molecule has 4 rings (SSSR count). The molecule has 0 spiro atoms. The highest BCUT2D eigenvalue weighted by Gasteiger charge is 2.13. The zero-order chi connectivity index (χ0) is 19.5. The van der Waals surface area contributed by atoms with Gasteiger partial charge in [0.1, 0.15) is 11.9 Å². The Balaban J connectivity index is 1.63. The van der Waals surface area contributed by atoms with Gasteiger partial charge in [0, 0.05) is 6.42 Å². The number of rotatable bonds is 5. The minimum absolute atomic E-state index is 0.279. The number of nitrogens with zero attached hydrogens (tertiary/aromatic N) is 2. The van der Waals surface area contributed by atoms with Gasteiger partial charge in [0.25, 0.3) is 0 Å². The van der Waals surface area contributed by atoms with Crippen molar-refractivity contribution in [2.45, 2.75) is 19.4 Å². The molecule has 0 aliphatic rings. The number of H-pyrrole nitrogens is 1. The largest absolute Gasteiger partial charge is 0.384 e. The maximum atomic E-state index is 12.3. The van der Waals surface area contributed by atoms with Gasteiger partial charge in [-0.05, 0) is 35.7 Å². The fourth-order valence-corrected chi connectivity index (χ4v) is 3.35. The van der Waals surface area contributed by atoms with Crippen LogP contribution in [0.25, 0.3) is 5.69 Å². The van der Waals surface area contributed by atoms with Crippen LogP contribution in [0.3, 0.4) is 0 Å². The maximum absolute atomic E-state index is 12.3. The first-order valence-electron chi connectivity index (χ1n) is 9.17. The summed E-state index contributed by atoms with van der Waals surface area (Å²) in [4.78, 5) is 12.3. The van der Waals surface area contributed by atoms with Crippen LogP contribution in [0.15, 0.2) is 83.7 Å². The fourth-order valence-electron chi connectivity index (χ4n) is 3.35. The summed E-state index contributed by atoms with van der Waals surface area (Å²) in [6.45, 7) is 2.04. The second kappa shape index (κ2) is 7.66. The van der Waals surface area contributed by atoms with Crippen LogP contribution >= 0.6 is 0 Å². The van der Waals surface area contributed by atoms with E-state index in [2.05, 4.69) is 16.3 Å². The number of hydrogen-bond acceptors (Lipinski definition) is 3. The third-order valence-corrected chi connectivity index (χ3v) is 4.77. The molecule has 5 nitrogen and oxygen atoms in total. The van der Waals surface area contributed by atoms with Crippen molar-refractivity contribution in [1.82, 2.24) is 14.8 Å². The lowest BCUT2D eigenvalue weighted by molar-refractivity contribution is 0.220. The molecule has 0 saturated heterocycles. The summed E-state index contributed by atoms with van der Waals surface area (Å²) in [7, 11) is 0. The van der Waals surface area contributed by atoms with Crippen LogP contribution in [0.4, 0.5) is 0 Å². The molecule has 3 aromatic carbocycles. The third-order valence-electron chi connectivity index (χ3n) is 4.77. The van der Waals surface area contributed by atoms with Crippen LogP contribution < -0.4 is 5.69 Å². The quantitative estimate of drug-likeness (QED) is 0.564. The van der Waals surface area contributed by atoms with Gasteiger partial charge in [-0.3, -0.25) is 0 Å². The number of aliphatic hydroxyl groups is 1. The molecule has 5 heteroatoms. The number of benzene rings is 3. The molecular formula is C23H21N3O2. The van der Waals surface area contributed by atoms with Gasteiger partial charge in [-0.15, -0.1) is 0 Å². The minimum Gasteiger partial charge on any atom is -0.384 e. The van der Waals surface area contributed by atoms with E-state index >= 15 is 0 Å². The fraction of sp³-hybridized carbons (Fsp3) is 0.130. The van der Waals surface area contributed by atoms with Gasteiger partial charge in [0.05, 0.1) is 5.69 Å². The number of aliphatic hydroxyl groups excluding tert-OH is 1. The monoisotopic (exact) mass is 371 g/mol. The molecule has 0 fully saturated rings. The molecule has 0 aliphatic heterocycles. The SMILES string of the molecule is Cc1cccc(Cc2n[nH]c(=O)n2-c2ccc(C(O)c3ccccc3)cc2)c1. The lowest BCUT2D eigenvalue weighted by Crippen LogP contribution is -2.17. The van der Waals surface area contributed by atoms with E-state index in [1.165, 1.54) is 5.56 Å². The Bertz CT molecular complexity index is 1130. The molecule has 28 heavy (non-hydrogen) atoms. The van der Waals surface area contributed by atoms with Crippen molar-refractivity contribution >= 4 is 0 Å². The van der Waals surface area contributed by atoms with Gasteiger partial charge in [0.15, 0.2) is 0 Å². The van der Waals surface area contributed by atoms with Crippen molar-refractivity contribution in [3.05, 3.63) is 117 Å². The summed E-state index contributed by atoms with van der Waals surface area (Å²) in [5.74, 6) is 0.645. The average molecular weight is 371 g/mol. The summed E-state index contributed by atoms with van der Waals surface area (Å²) < 4.78 is 1.57. The van der Waals surface area contributed by atoms with Crippen molar-refractivity contribution in [3.8, 4) is 5.69 Å². The second-order valence-corrected chi connectivity index (χ2v) is 6.85. The first-order valence-corrected chi connectivity index (χ1v) is 9.17. The van der Waals surface area contributed by atoms with E-state index in [-0.39, 0.29) is 5.69 Å². The highest BCUT2D eigenvalue weighted by Crippen LogP contribution is 2.23. The third kappa shape index (κ3) is 3.66. The molecule has 0 saturated carbocycles. The lowest BCUT2D eigenvalue weighted by atomic mass is 10.0. The van der Waals surface area contributed by atoms with Gasteiger partial charge < -0.3 is 5.11 Å². The van der Waals surface area contributed by atoms with Crippen LogP contribution in [0.1, 0.15) is 34.2 Å². The van der Waals surface area contributed by atoms with E-state index in [0.717, 1.165) is 16.7 Å². The molecule has 2 N–H and O–H groups in total. The zero-order valence-electron chi connectivity index (χ0n) is 15.5. The summed E-state index contributed by atoms with van der Waals surface area (Å²) in [6.07, 6.45) is -0.155. The minimum atomic E-state index is -0.705. The van der Waals surface area contributed by atoms with E-state index in [0.29, 0.717) is 17.9 Å². The number of nitrogens with one attached hydrogen (secondary N) is 1. The van der Waals surface area contributed by atoms with Gasteiger partial charge in [-0.2, -0.15) is 5.10 Å². The Hall–Kier alpha value is -3.44. The summed E-state index contributed by atoms with van der Waals surface area (Å²) in [6, 6.07) is 25.0. The first-order chi connectivity index (χ1) is 13.6. The number of aromatic nitrogens is 3. The van der Waals surface area contributed by atoms with Crippen LogP contribution in [-0.2, 0) is 6.42 Å². The van der Waals surface area contributed by atoms with Crippen molar-refractivity contribution in [2.75, 3.05) is 0 Å². The zero-order valence-corrected chi connectivity index (χ0v) is 15.5. The average Bonchev–Trinajstić information content (AvgIpc) is 3.08. The Labute approximate surface area is 162 Å². The summed E-state index contributed by atoms with van der Waals surface area (Å²) in [5, 5.41) is 17.3. The van der Waals surface area contributed by atoms with Crippen molar-refractivity contribution in [2.24, 2.45) is 0 Å². The lowest BCUT2D eigenvalue weighted by Gasteiger charge is -2.12. The Morgan fingerprint density at radius 1 is 0.964 bits per heavy atom. The Morgan fingerprint density at radius 3 is 2.39 bits per heavy atom. The van der Waals surface area contributed by atoms with Crippen molar-refractivity contribution in [1.29, 1.82) is 0 Å². The summed E-state index contributed by atoms with van der Waals surface area (Å²) >= 11 is 0. The predicted octanol–water partition coefficient (Wildman–Crippen LogP) is 3.54. The van der Waals surface area contributed by atoms with Gasteiger partial charge in [-0.1, -0.05) is 72.3 Å². The first kappa shape index (κ1) is 17.9. The molecular weight excluding hydrogens is 350 g/mol. The van der Waals surface area contributed by atoms with Gasteiger partial charge >= 0.3 is 5.69 Å². The Morgan fingerprint density at radius 2 is 1.68 bits per heavy atom. The normalized spacial score (nSPS) is 12.1. The second-order valence-electron chi connectivity index (χ2n) is 6.85. The van der Waals surface area contributed by atoms with Crippen molar-refractivity contribution < 1.29 is 5.11 Å². The molecule has 4 aromatic rings. The van der Waals surface area contributed by atoms with E-state index in [4.69, 9.17) is 0 Å². The van der Waals surface area contributed by atoms with Crippen LogP contribution in [-0.4, -0.2) is 19.9 Å². The maximum Gasteiger partial charge on any atom is 0.347 e. The number of aryl methyl sites for hydroxylation is 1. The van der Waals surface area contributed by atoms with E-state index in [1.54, 1.807) is 4.57 Å². The topological polar surface area (TPSA) is 70.9 Å². The highest BCUT2D eigenvalue weighted by molar-refractivity contribution is 5.39. The van der Waals surface area contributed by atoms with E-state index in [1.807, 2.05) is 79.7 Å². The van der Waals surface area contributed by atoms with Crippen molar-refractivity contribution in [3.63, 3.8) is 0 Å². The predicted molar refractivity (Wildman–Crippen MR) is 109 cm³/mol. The number of hydrogen-bond donors (Lipinski definition) is 2. The van der Waals surface area contributed by atoms with Crippen LogP contribution in [0.2, 0.25) is 0 Å². The molecule has 1 aromatic heterocycles. The van der Waals surface area contributed by atoms with E-state index in [9.17, 15) is 9.90 Å². The molecule has 140 valence electrons. The van der Waals surface area contributed by atoms with Gasteiger partial charge in [-0.25, -0.2) is 14.5 Å². The van der Waals surface area contributed by atoms with Crippen LogP contribution in [0, 0.1) is 6.92 Å². The Kier molecular flexibility index (Phi) is 4.91. The molecule has 1 atom stereocenters. The molecule has 1 heterocycles. The summed E-state index contributed by atoms with van der Waals surface area (Å²) in [5.41, 5.74) is 4.30. The van der Waals surface area contributed by atoms with Gasteiger partial charge in [0.2, 0.25) is 0 Å². The smallest absolute Gasteiger partial charge is 0.347 e. The van der Waals surface area contributed by atoms with Crippen LogP contribution in [0.5, 0.6) is 0 Å². The number of aromatic amines is 1. The molecule has 1 unspecified atom stereocenters. The molecule has 0 radical (unpaired) electrons. The van der Waals surface area contributed by atoms with E-state index < -0.39 is 6.10 Å². The molecule has 0 aliphatic carbocycles. The highest BCUT2D eigenvalue weighted by atomic mass is 16.3. The molecule has 0 amide bonds. The molecule has 0 bridgehead atoms. The standard InChI is InChI=1S/C23H21N3O2/c1-16-6-5-7-17(14-16)15-21-24-25-23(28)26(21)20-12-10-19(11-13-20)22(27)18-8-3-2-4-9-18/h2-14,22,27H,15H2,1H3,(H,25,28).